The summed E-state index contributed by atoms with van der Waals surface area (Å²) in [7, 11) is 1.46. The summed E-state index contributed by atoms with van der Waals surface area (Å²) >= 11 is 13.2. The zero-order valence-electron chi connectivity index (χ0n) is 12.1. The number of thioether (sulfide) groups is 1. The molecule has 2 amide bonds. The van der Waals surface area contributed by atoms with Crippen molar-refractivity contribution >= 4 is 46.8 Å². The van der Waals surface area contributed by atoms with Gasteiger partial charge in [0.2, 0.25) is 5.91 Å². The van der Waals surface area contributed by atoms with Gasteiger partial charge in [-0.15, -0.1) is 11.8 Å². The molecule has 0 aliphatic rings. The number of ether oxygens (including phenoxy) is 1. The van der Waals surface area contributed by atoms with E-state index >= 15 is 0 Å². The van der Waals surface area contributed by atoms with Crippen molar-refractivity contribution < 1.29 is 14.3 Å². The minimum absolute atomic E-state index is 0.0182. The molecule has 0 saturated carbocycles. The first-order valence-corrected chi connectivity index (χ1v) is 8.31. The molecule has 0 fully saturated rings. The Morgan fingerprint density at radius 2 is 1.74 bits per heavy atom. The quantitative estimate of drug-likeness (QED) is 0.807. The number of benzene rings is 2. The number of imide groups is 1. The Bertz CT molecular complexity index is 717. The maximum Gasteiger partial charge on any atom is 0.261 e. The number of halogens is 2. The highest BCUT2D eigenvalue weighted by atomic mass is 35.5. The molecule has 4 nitrogen and oxygen atoms in total. The van der Waals surface area contributed by atoms with Crippen molar-refractivity contribution in [1.82, 2.24) is 5.32 Å². The highest BCUT2D eigenvalue weighted by molar-refractivity contribution is 8.00. The molecule has 7 heteroatoms. The molecule has 0 radical (unpaired) electrons. The number of carbonyl (C=O) groups is 2. The molecule has 0 unspecified atom stereocenters. The Balaban J connectivity index is 1.98. The van der Waals surface area contributed by atoms with Gasteiger partial charge in [-0.05, 0) is 24.3 Å². The molecule has 0 aromatic heterocycles. The van der Waals surface area contributed by atoms with Crippen LogP contribution in [-0.4, -0.2) is 24.7 Å². The SMILES string of the molecule is COc1ccccc1C(=O)NC(=O)CSc1c(Cl)cccc1Cl. The highest BCUT2D eigenvalue weighted by Crippen LogP contribution is 2.33. The summed E-state index contributed by atoms with van der Waals surface area (Å²) in [5.74, 6) is -0.538. The number of para-hydroxylation sites is 1. The zero-order valence-corrected chi connectivity index (χ0v) is 14.5. The van der Waals surface area contributed by atoms with Crippen molar-refractivity contribution in [3.63, 3.8) is 0 Å². The predicted octanol–water partition coefficient (Wildman–Crippen LogP) is 4.05. The summed E-state index contributed by atoms with van der Waals surface area (Å²) in [6, 6.07) is 11.8. The Hall–Kier alpha value is -1.69. The third kappa shape index (κ3) is 4.64. The van der Waals surface area contributed by atoms with Gasteiger partial charge in [0.05, 0.1) is 28.5 Å². The Morgan fingerprint density at radius 3 is 2.39 bits per heavy atom. The molecule has 120 valence electrons. The van der Waals surface area contributed by atoms with E-state index in [1.165, 1.54) is 18.9 Å². The van der Waals surface area contributed by atoms with Crippen LogP contribution in [0.4, 0.5) is 0 Å². The minimum atomic E-state index is -0.515. The first kappa shape index (κ1) is 17.7. The van der Waals surface area contributed by atoms with E-state index < -0.39 is 11.8 Å². The van der Waals surface area contributed by atoms with Crippen molar-refractivity contribution in [2.45, 2.75) is 4.90 Å². The molecule has 0 aliphatic heterocycles. The van der Waals surface area contributed by atoms with Gasteiger partial charge >= 0.3 is 0 Å². The smallest absolute Gasteiger partial charge is 0.261 e. The number of amides is 2. The maximum atomic E-state index is 12.1. The molecule has 2 aromatic rings. The van der Waals surface area contributed by atoms with Gasteiger partial charge in [0, 0.05) is 4.90 Å². The lowest BCUT2D eigenvalue weighted by Gasteiger charge is -2.09. The van der Waals surface area contributed by atoms with E-state index in [4.69, 9.17) is 27.9 Å². The average Bonchev–Trinajstić information content (AvgIpc) is 2.54. The number of rotatable bonds is 5. The van der Waals surface area contributed by atoms with E-state index in [0.29, 0.717) is 26.3 Å². The Kier molecular flexibility index (Phi) is 6.33. The fourth-order valence-electron chi connectivity index (χ4n) is 1.82. The van der Waals surface area contributed by atoms with Crippen molar-refractivity contribution in [2.24, 2.45) is 0 Å². The molecular formula is C16H13Cl2NO3S. The lowest BCUT2D eigenvalue weighted by atomic mass is 10.2. The second kappa shape index (κ2) is 8.24. The summed E-state index contributed by atoms with van der Waals surface area (Å²) in [6.07, 6.45) is 0. The van der Waals surface area contributed by atoms with Crippen LogP contribution in [0, 0.1) is 0 Å². The number of hydrogen-bond donors (Lipinski definition) is 1. The minimum Gasteiger partial charge on any atom is -0.496 e. The fourth-order valence-corrected chi connectivity index (χ4v) is 3.30. The van der Waals surface area contributed by atoms with Gasteiger partial charge in [-0.1, -0.05) is 41.4 Å². The molecule has 2 aromatic carbocycles. The van der Waals surface area contributed by atoms with Gasteiger partial charge in [0.1, 0.15) is 5.75 Å². The molecule has 0 heterocycles. The van der Waals surface area contributed by atoms with Gasteiger partial charge in [0.25, 0.3) is 5.91 Å². The molecular weight excluding hydrogens is 357 g/mol. The topological polar surface area (TPSA) is 55.4 Å². The summed E-state index contributed by atoms with van der Waals surface area (Å²) in [6.45, 7) is 0. The second-order valence-corrected chi connectivity index (χ2v) is 6.22. The number of carbonyl (C=O) groups excluding carboxylic acids is 2. The third-order valence-corrected chi connectivity index (χ3v) is 4.86. The lowest BCUT2D eigenvalue weighted by Crippen LogP contribution is -2.32. The number of hydrogen-bond acceptors (Lipinski definition) is 4. The van der Waals surface area contributed by atoms with E-state index in [1.54, 1.807) is 42.5 Å². The van der Waals surface area contributed by atoms with Crippen LogP contribution in [0.15, 0.2) is 47.4 Å². The van der Waals surface area contributed by atoms with Crippen LogP contribution in [0.5, 0.6) is 5.75 Å². The van der Waals surface area contributed by atoms with Crippen LogP contribution >= 0.6 is 35.0 Å². The number of nitrogens with one attached hydrogen (secondary N) is 1. The standard InChI is InChI=1S/C16H13Cl2NO3S/c1-22-13-8-3-2-5-10(13)16(21)19-14(20)9-23-15-11(17)6-4-7-12(15)18/h2-8H,9H2,1H3,(H,19,20,21). The second-order valence-electron chi connectivity index (χ2n) is 4.42. The normalized spacial score (nSPS) is 10.2. The van der Waals surface area contributed by atoms with E-state index in [9.17, 15) is 9.59 Å². The van der Waals surface area contributed by atoms with Crippen molar-refractivity contribution in [1.29, 1.82) is 0 Å². The first-order valence-electron chi connectivity index (χ1n) is 6.57. The van der Waals surface area contributed by atoms with Crippen LogP contribution in [-0.2, 0) is 4.79 Å². The van der Waals surface area contributed by atoms with Crippen LogP contribution in [0.2, 0.25) is 10.0 Å². The zero-order chi connectivity index (χ0) is 16.8. The molecule has 2 rings (SSSR count). The summed E-state index contributed by atoms with van der Waals surface area (Å²) < 4.78 is 5.10. The Morgan fingerprint density at radius 1 is 1.09 bits per heavy atom. The molecule has 0 aliphatic carbocycles. The van der Waals surface area contributed by atoms with Crippen LogP contribution in [0.25, 0.3) is 0 Å². The highest BCUT2D eigenvalue weighted by Gasteiger charge is 2.15. The van der Waals surface area contributed by atoms with Gasteiger partial charge in [-0.25, -0.2) is 0 Å². The van der Waals surface area contributed by atoms with Crippen molar-refractivity contribution in [2.75, 3.05) is 12.9 Å². The third-order valence-electron chi connectivity index (χ3n) is 2.87. The van der Waals surface area contributed by atoms with E-state index in [0.717, 1.165) is 0 Å². The molecule has 1 N–H and O–H groups in total. The average molecular weight is 370 g/mol. The first-order chi connectivity index (χ1) is 11.0. The monoisotopic (exact) mass is 369 g/mol. The van der Waals surface area contributed by atoms with Crippen molar-refractivity contribution in [3.05, 3.63) is 58.1 Å². The van der Waals surface area contributed by atoms with E-state index in [-0.39, 0.29) is 5.75 Å². The van der Waals surface area contributed by atoms with Gasteiger partial charge < -0.3 is 4.74 Å². The van der Waals surface area contributed by atoms with E-state index in [1.807, 2.05) is 0 Å². The summed E-state index contributed by atoms with van der Waals surface area (Å²) in [4.78, 5) is 24.7. The molecule has 0 spiro atoms. The van der Waals surface area contributed by atoms with E-state index in [2.05, 4.69) is 5.32 Å². The Labute approximate surface area is 148 Å². The van der Waals surface area contributed by atoms with Gasteiger partial charge in [-0.3, -0.25) is 14.9 Å². The largest absolute Gasteiger partial charge is 0.496 e. The summed E-state index contributed by atoms with van der Waals surface area (Å²) in [5, 5.41) is 3.24. The van der Waals surface area contributed by atoms with Crippen molar-refractivity contribution in [3.8, 4) is 5.75 Å². The lowest BCUT2D eigenvalue weighted by molar-refractivity contribution is -0.117. The predicted molar refractivity (Wildman–Crippen MR) is 92.7 cm³/mol. The van der Waals surface area contributed by atoms with Crippen LogP contribution in [0.3, 0.4) is 0 Å². The number of methoxy groups -OCH3 is 1. The van der Waals surface area contributed by atoms with Gasteiger partial charge in [0.15, 0.2) is 0 Å². The molecule has 0 bridgehead atoms. The fraction of sp³-hybridized carbons (Fsp3) is 0.125. The summed E-state index contributed by atoms with van der Waals surface area (Å²) in [5.41, 5.74) is 0.295. The van der Waals surface area contributed by atoms with Crippen LogP contribution in [0.1, 0.15) is 10.4 Å². The van der Waals surface area contributed by atoms with Crippen LogP contribution < -0.4 is 10.1 Å². The molecule has 0 atom stereocenters. The molecule has 23 heavy (non-hydrogen) atoms. The maximum absolute atomic E-state index is 12.1. The van der Waals surface area contributed by atoms with Gasteiger partial charge in [-0.2, -0.15) is 0 Å². The molecule has 0 saturated heterocycles.